The van der Waals surface area contributed by atoms with Crippen LogP contribution in [-0.4, -0.2) is 18.0 Å². The third kappa shape index (κ3) is 7.56. The summed E-state index contributed by atoms with van der Waals surface area (Å²) in [7, 11) is -1.27. The molecule has 0 spiro atoms. The van der Waals surface area contributed by atoms with Gasteiger partial charge in [0.05, 0.1) is 8.07 Å². The van der Waals surface area contributed by atoms with Crippen molar-refractivity contribution in [2.24, 2.45) is 0 Å². The van der Waals surface area contributed by atoms with Gasteiger partial charge in [-0.2, -0.15) is 11.3 Å². The number of rotatable bonds is 5. The number of nitrogens with zero attached hydrogens (tertiary/aromatic N) is 2. The number of aromatic nitrogens is 2. The van der Waals surface area contributed by atoms with E-state index in [4.69, 9.17) is 4.98 Å². The maximum atomic E-state index is 4.70. The van der Waals surface area contributed by atoms with E-state index in [9.17, 15) is 0 Å². The fourth-order valence-electron chi connectivity index (χ4n) is 6.16. The first-order chi connectivity index (χ1) is 23.3. The average molecular weight is 845 g/mol. The van der Waals surface area contributed by atoms with Gasteiger partial charge in [0.1, 0.15) is 0 Å². The Labute approximate surface area is 307 Å². The molecule has 0 atom stereocenters. The molecule has 3 heterocycles. The molecule has 0 aliphatic rings. The van der Waals surface area contributed by atoms with Gasteiger partial charge in [0, 0.05) is 37.2 Å². The predicted molar refractivity (Wildman–Crippen MR) is 208 cm³/mol. The average Bonchev–Trinajstić information content (AvgIpc) is 3.51. The standard InChI is InChI=1S/C29H18NS.C15H18NSi.Ir/c1-3-8-20(9-4-1)22-14-15-24-25-12-7-13-26(29(25)31-28(24)19-22)27-18-23(16-17-30-27)21-10-5-2-6-11-21;1-12-10-14(13-8-6-5-7-9-13)16-11-15(12)17(2,3)4;/h1-12,14-19H;5-8,10-11H,1-4H3;/q2*-1;. The van der Waals surface area contributed by atoms with Gasteiger partial charge in [-0.3, -0.25) is 0 Å². The molecule has 49 heavy (non-hydrogen) atoms. The minimum atomic E-state index is -1.27. The van der Waals surface area contributed by atoms with Crippen LogP contribution in [0.2, 0.25) is 19.6 Å². The van der Waals surface area contributed by atoms with E-state index < -0.39 is 8.07 Å². The Balaban J connectivity index is 0.000000198. The molecule has 8 aromatic rings. The monoisotopic (exact) mass is 845 g/mol. The zero-order valence-electron chi connectivity index (χ0n) is 28.0. The van der Waals surface area contributed by atoms with E-state index in [1.807, 2.05) is 47.9 Å². The Hall–Kier alpha value is -4.51. The van der Waals surface area contributed by atoms with Gasteiger partial charge in [0.2, 0.25) is 0 Å². The van der Waals surface area contributed by atoms with E-state index in [0.29, 0.717) is 0 Å². The number of hydrogen-bond acceptors (Lipinski definition) is 3. The van der Waals surface area contributed by atoms with Crippen molar-refractivity contribution in [2.45, 2.75) is 26.6 Å². The van der Waals surface area contributed by atoms with Crippen molar-refractivity contribution < 1.29 is 20.1 Å². The Morgan fingerprint density at radius 3 is 1.94 bits per heavy atom. The van der Waals surface area contributed by atoms with E-state index >= 15 is 0 Å². The van der Waals surface area contributed by atoms with Gasteiger partial charge in [0.15, 0.2) is 0 Å². The van der Waals surface area contributed by atoms with Crippen molar-refractivity contribution >= 4 is 44.8 Å². The predicted octanol–water partition coefficient (Wildman–Crippen LogP) is 11.7. The van der Waals surface area contributed by atoms with Crippen LogP contribution in [0.3, 0.4) is 0 Å². The molecule has 0 fully saturated rings. The van der Waals surface area contributed by atoms with E-state index in [-0.39, 0.29) is 20.1 Å². The number of pyridine rings is 2. The summed E-state index contributed by atoms with van der Waals surface area (Å²) in [6.45, 7) is 9.24. The van der Waals surface area contributed by atoms with Crippen LogP contribution < -0.4 is 5.19 Å². The fourth-order valence-corrected chi connectivity index (χ4v) is 9.11. The third-order valence-corrected chi connectivity index (χ3v) is 11.9. The molecular formula is C44H36IrN2SSi-2. The Morgan fingerprint density at radius 2 is 1.29 bits per heavy atom. The summed E-state index contributed by atoms with van der Waals surface area (Å²) in [6, 6.07) is 53.0. The van der Waals surface area contributed by atoms with Gasteiger partial charge in [-0.1, -0.05) is 116 Å². The first-order valence-electron chi connectivity index (χ1n) is 16.2. The molecule has 0 N–H and O–H groups in total. The van der Waals surface area contributed by atoms with Crippen molar-refractivity contribution in [1.82, 2.24) is 9.97 Å². The van der Waals surface area contributed by atoms with Crippen LogP contribution >= 0.6 is 11.3 Å². The van der Waals surface area contributed by atoms with Crippen molar-refractivity contribution in [2.75, 3.05) is 0 Å². The Kier molecular flexibility index (Phi) is 10.5. The van der Waals surface area contributed by atoms with Crippen molar-refractivity contribution in [3.05, 3.63) is 164 Å². The second-order valence-electron chi connectivity index (χ2n) is 13.0. The van der Waals surface area contributed by atoms with E-state index in [1.165, 1.54) is 53.2 Å². The summed E-state index contributed by atoms with van der Waals surface area (Å²) in [5, 5.41) is 3.99. The molecule has 0 saturated carbocycles. The van der Waals surface area contributed by atoms with Crippen molar-refractivity contribution in [3.63, 3.8) is 0 Å². The van der Waals surface area contributed by atoms with E-state index in [0.717, 1.165) is 22.5 Å². The summed E-state index contributed by atoms with van der Waals surface area (Å²) >= 11 is 1.82. The molecule has 1 radical (unpaired) electrons. The summed E-state index contributed by atoms with van der Waals surface area (Å²) in [5.41, 5.74) is 10.3. The quantitative estimate of drug-likeness (QED) is 0.127. The van der Waals surface area contributed by atoms with Crippen LogP contribution in [0, 0.1) is 19.1 Å². The van der Waals surface area contributed by atoms with Crippen LogP contribution in [0.1, 0.15) is 5.56 Å². The van der Waals surface area contributed by atoms with Gasteiger partial charge in [-0.05, 0) is 68.0 Å². The van der Waals surface area contributed by atoms with Crippen LogP contribution in [0.4, 0.5) is 0 Å². The normalized spacial score (nSPS) is 11.1. The molecule has 2 nitrogen and oxygen atoms in total. The smallest absolute Gasteiger partial charge is 0.0798 e. The number of hydrogen-bond donors (Lipinski definition) is 0. The summed E-state index contributed by atoms with van der Waals surface area (Å²) in [4.78, 5) is 9.28. The van der Waals surface area contributed by atoms with E-state index in [1.54, 1.807) is 0 Å². The molecule has 5 aromatic carbocycles. The van der Waals surface area contributed by atoms with Crippen LogP contribution in [0.15, 0.2) is 146 Å². The SMILES string of the molecule is Cc1cc(-c2[c-]cccc2)ncc1[Si](C)(C)C.[Ir].[c-]1ccc2c(sc3cc(-c4ccccc4)ccc32)c1-c1cc(-c2ccccc2)ccn1. The maximum Gasteiger partial charge on any atom is 0.0798 e. The molecule has 3 aromatic heterocycles. The van der Waals surface area contributed by atoms with Crippen LogP contribution in [0.25, 0.3) is 64.9 Å². The molecular weight excluding hydrogens is 809 g/mol. The summed E-state index contributed by atoms with van der Waals surface area (Å²) in [6.07, 6.45) is 3.95. The minimum absolute atomic E-state index is 0. The van der Waals surface area contributed by atoms with Gasteiger partial charge in [0.25, 0.3) is 0 Å². The minimum Gasteiger partial charge on any atom is -0.305 e. The van der Waals surface area contributed by atoms with Crippen LogP contribution in [-0.2, 0) is 20.1 Å². The maximum absolute atomic E-state index is 4.70. The number of benzene rings is 5. The zero-order valence-corrected chi connectivity index (χ0v) is 32.2. The number of aryl methyl sites for hydroxylation is 1. The topological polar surface area (TPSA) is 25.8 Å². The fraction of sp³-hybridized carbons (Fsp3) is 0.0909. The molecule has 0 bridgehead atoms. The molecule has 0 aliphatic carbocycles. The number of thiophene rings is 1. The Morgan fingerprint density at radius 1 is 0.592 bits per heavy atom. The number of fused-ring (bicyclic) bond motifs is 3. The van der Waals surface area contributed by atoms with Gasteiger partial charge in [-0.15, -0.1) is 59.7 Å². The summed E-state index contributed by atoms with van der Waals surface area (Å²) in [5.74, 6) is 0. The van der Waals surface area contributed by atoms with Crippen molar-refractivity contribution in [1.29, 1.82) is 0 Å². The zero-order chi connectivity index (χ0) is 33.1. The molecule has 0 amide bonds. The molecule has 0 aliphatic heterocycles. The second-order valence-corrected chi connectivity index (χ2v) is 19.1. The third-order valence-electron chi connectivity index (χ3n) is 8.57. The largest absolute Gasteiger partial charge is 0.305 e. The summed E-state index contributed by atoms with van der Waals surface area (Å²) < 4.78 is 2.52. The molecule has 0 saturated heterocycles. The van der Waals surface area contributed by atoms with Gasteiger partial charge < -0.3 is 9.97 Å². The van der Waals surface area contributed by atoms with Gasteiger partial charge in [-0.25, -0.2) is 0 Å². The second kappa shape index (κ2) is 14.9. The van der Waals surface area contributed by atoms with Gasteiger partial charge >= 0.3 is 0 Å². The first-order valence-corrected chi connectivity index (χ1v) is 20.6. The molecule has 243 valence electrons. The first kappa shape index (κ1) is 34.4. The van der Waals surface area contributed by atoms with Crippen LogP contribution in [0.5, 0.6) is 0 Å². The van der Waals surface area contributed by atoms with E-state index in [2.05, 4.69) is 153 Å². The molecule has 5 heteroatoms. The Bertz CT molecular complexity index is 2330. The molecule has 8 rings (SSSR count). The molecule has 0 unspecified atom stereocenters. The van der Waals surface area contributed by atoms with Crippen molar-refractivity contribution in [3.8, 4) is 44.8 Å².